The number of fused-ring (bicyclic) bond motifs is 1. The highest BCUT2D eigenvalue weighted by molar-refractivity contribution is 6.35. The van der Waals surface area contributed by atoms with E-state index in [-0.39, 0.29) is 11.6 Å². The van der Waals surface area contributed by atoms with E-state index < -0.39 is 43.0 Å². The monoisotopic (exact) mass is 514 g/mol. The zero-order chi connectivity index (χ0) is 24.9. The van der Waals surface area contributed by atoms with Crippen molar-refractivity contribution >= 4 is 35.0 Å². The SMILES string of the molecule is O=C(NOCc1ccccc1)[C@@H]1c2ccccc2C(=O)N(C(CO)CO)[C@H]1c1ccc(Cl)cc1Cl. The molecule has 9 heteroatoms. The molecule has 4 rings (SSSR count). The largest absolute Gasteiger partial charge is 0.394 e. The first kappa shape index (κ1) is 25.2. The molecule has 0 bridgehead atoms. The first-order valence-electron chi connectivity index (χ1n) is 11.0. The zero-order valence-corrected chi connectivity index (χ0v) is 20.1. The number of carbonyl (C=O) groups excluding carboxylic acids is 2. The predicted octanol–water partition coefficient (Wildman–Crippen LogP) is 3.88. The van der Waals surface area contributed by atoms with E-state index in [0.717, 1.165) is 5.56 Å². The molecule has 1 heterocycles. The number of amides is 2. The molecule has 3 aromatic carbocycles. The molecule has 0 aromatic heterocycles. The number of carbonyl (C=O) groups is 2. The molecule has 0 unspecified atom stereocenters. The molecule has 0 aliphatic carbocycles. The van der Waals surface area contributed by atoms with Gasteiger partial charge < -0.3 is 15.1 Å². The Balaban J connectivity index is 1.78. The Bertz CT molecular complexity index is 1200. The lowest BCUT2D eigenvalue weighted by Crippen LogP contribution is -2.53. The van der Waals surface area contributed by atoms with Gasteiger partial charge in [0.1, 0.15) is 0 Å². The van der Waals surface area contributed by atoms with Gasteiger partial charge in [-0.15, -0.1) is 0 Å². The molecule has 1 aliphatic heterocycles. The Morgan fingerprint density at radius 3 is 2.34 bits per heavy atom. The number of aliphatic hydroxyl groups is 2. The van der Waals surface area contributed by atoms with Crippen LogP contribution in [-0.2, 0) is 16.2 Å². The van der Waals surface area contributed by atoms with Crippen LogP contribution >= 0.6 is 23.2 Å². The van der Waals surface area contributed by atoms with Crippen LogP contribution in [0.1, 0.15) is 39.0 Å². The summed E-state index contributed by atoms with van der Waals surface area (Å²) in [5, 5.41) is 20.6. The minimum absolute atomic E-state index is 0.145. The van der Waals surface area contributed by atoms with Crippen LogP contribution in [-0.4, -0.2) is 46.2 Å². The maximum atomic E-state index is 13.6. The van der Waals surface area contributed by atoms with Gasteiger partial charge in [0.25, 0.3) is 11.8 Å². The van der Waals surface area contributed by atoms with Crippen LogP contribution in [0.5, 0.6) is 0 Å². The van der Waals surface area contributed by atoms with E-state index in [9.17, 15) is 19.8 Å². The van der Waals surface area contributed by atoms with Crippen molar-refractivity contribution in [3.05, 3.63) is 105 Å². The standard InChI is InChI=1S/C26H24Cl2N2O5/c27-17-10-11-21(22(28)12-17)24-23(25(33)29-35-15-16-6-2-1-3-7-16)19-8-4-5-9-20(19)26(34)30(24)18(13-31)14-32/h1-12,18,23-24,31-32H,13-15H2,(H,29,33)/t23-,24+/m1/s1. The summed E-state index contributed by atoms with van der Waals surface area (Å²) < 4.78 is 0. The van der Waals surface area contributed by atoms with Gasteiger partial charge in [0.05, 0.1) is 37.8 Å². The molecule has 7 nitrogen and oxygen atoms in total. The van der Waals surface area contributed by atoms with Gasteiger partial charge in [-0.2, -0.15) is 0 Å². The second-order valence-corrected chi connectivity index (χ2v) is 8.99. The fourth-order valence-electron chi connectivity index (χ4n) is 4.37. The number of hydrogen-bond acceptors (Lipinski definition) is 5. The smallest absolute Gasteiger partial charge is 0.255 e. The van der Waals surface area contributed by atoms with Crippen molar-refractivity contribution in [1.82, 2.24) is 10.4 Å². The number of hydrogen-bond donors (Lipinski definition) is 3. The van der Waals surface area contributed by atoms with Gasteiger partial charge >= 0.3 is 0 Å². The second-order valence-electron chi connectivity index (χ2n) is 8.15. The van der Waals surface area contributed by atoms with Gasteiger partial charge in [-0.3, -0.25) is 14.4 Å². The lowest BCUT2D eigenvalue weighted by molar-refractivity contribution is -0.138. The second kappa shape index (κ2) is 11.2. The van der Waals surface area contributed by atoms with Crippen molar-refractivity contribution in [3.8, 4) is 0 Å². The number of rotatable bonds is 8. The van der Waals surface area contributed by atoms with Crippen LogP contribution in [0.2, 0.25) is 10.0 Å². The van der Waals surface area contributed by atoms with Gasteiger partial charge in [-0.05, 0) is 34.9 Å². The van der Waals surface area contributed by atoms with E-state index in [4.69, 9.17) is 28.0 Å². The summed E-state index contributed by atoms with van der Waals surface area (Å²) in [6.45, 7) is -0.873. The van der Waals surface area contributed by atoms with Crippen LogP contribution in [0.3, 0.4) is 0 Å². The first-order chi connectivity index (χ1) is 17.0. The summed E-state index contributed by atoms with van der Waals surface area (Å²) in [5.41, 5.74) is 4.61. The Hall–Kier alpha value is -2.94. The van der Waals surface area contributed by atoms with Crippen molar-refractivity contribution in [1.29, 1.82) is 0 Å². The van der Waals surface area contributed by atoms with Gasteiger partial charge in [0.2, 0.25) is 0 Å². The summed E-state index contributed by atoms with van der Waals surface area (Å²) in [5.74, 6) is -1.88. The number of hydroxylamine groups is 1. The van der Waals surface area contributed by atoms with Gasteiger partial charge in [0, 0.05) is 15.6 Å². The minimum Gasteiger partial charge on any atom is -0.394 e. The average Bonchev–Trinajstić information content (AvgIpc) is 2.86. The number of nitrogens with zero attached hydrogens (tertiary/aromatic N) is 1. The molecule has 35 heavy (non-hydrogen) atoms. The summed E-state index contributed by atoms with van der Waals surface area (Å²) in [6, 6.07) is 19.0. The molecule has 0 spiro atoms. The third-order valence-corrected chi connectivity index (χ3v) is 6.57. The highest BCUT2D eigenvalue weighted by Crippen LogP contribution is 2.46. The molecular formula is C26H24Cl2N2O5. The Morgan fingerprint density at radius 2 is 1.66 bits per heavy atom. The number of halogens is 2. The zero-order valence-electron chi connectivity index (χ0n) is 18.6. The van der Waals surface area contributed by atoms with Crippen LogP contribution < -0.4 is 5.48 Å². The lowest BCUT2D eigenvalue weighted by atomic mass is 9.78. The normalized spacial score (nSPS) is 17.4. The highest BCUT2D eigenvalue weighted by Gasteiger charge is 2.47. The minimum atomic E-state index is -0.965. The molecule has 3 aromatic rings. The van der Waals surface area contributed by atoms with Crippen molar-refractivity contribution in [2.24, 2.45) is 0 Å². The molecule has 3 N–H and O–H groups in total. The van der Waals surface area contributed by atoms with Crippen molar-refractivity contribution in [3.63, 3.8) is 0 Å². The predicted molar refractivity (Wildman–Crippen MR) is 132 cm³/mol. The van der Waals surface area contributed by atoms with E-state index in [1.807, 2.05) is 30.3 Å². The van der Waals surface area contributed by atoms with Crippen LogP contribution in [0.25, 0.3) is 0 Å². The number of benzene rings is 3. The van der Waals surface area contributed by atoms with E-state index >= 15 is 0 Å². The van der Waals surface area contributed by atoms with Crippen LogP contribution in [0.15, 0.2) is 72.8 Å². The summed E-state index contributed by atoms with van der Waals surface area (Å²) in [6.07, 6.45) is 0. The molecule has 1 aliphatic rings. The molecule has 0 radical (unpaired) electrons. The molecule has 182 valence electrons. The van der Waals surface area contributed by atoms with E-state index in [1.54, 1.807) is 36.4 Å². The molecule has 0 fully saturated rings. The number of aliphatic hydroxyl groups excluding tert-OH is 2. The number of nitrogens with one attached hydrogen (secondary N) is 1. The Labute approximate surface area is 212 Å². The third-order valence-electron chi connectivity index (χ3n) is 6.01. The average molecular weight is 515 g/mol. The van der Waals surface area contributed by atoms with Crippen molar-refractivity contribution in [2.75, 3.05) is 13.2 Å². The lowest BCUT2D eigenvalue weighted by Gasteiger charge is -2.45. The molecular weight excluding hydrogens is 491 g/mol. The Morgan fingerprint density at radius 1 is 0.971 bits per heavy atom. The molecule has 2 atom stereocenters. The molecule has 2 amide bonds. The summed E-state index contributed by atoms with van der Waals surface area (Å²) in [4.78, 5) is 34.0. The summed E-state index contributed by atoms with van der Waals surface area (Å²) >= 11 is 12.6. The summed E-state index contributed by atoms with van der Waals surface area (Å²) in [7, 11) is 0. The van der Waals surface area contributed by atoms with Crippen LogP contribution in [0, 0.1) is 0 Å². The topological polar surface area (TPSA) is 99.1 Å². The van der Waals surface area contributed by atoms with Gasteiger partial charge in [-0.1, -0.05) is 77.8 Å². The van der Waals surface area contributed by atoms with Gasteiger partial charge in [-0.25, -0.2) is 5.48 Å². The van der Waals surface area contributed by atoms with Crippen molar-refractivity contribution in [2.45, 2.75) is 24.6 Å². The van der Waals surface area contributed by atoms with Gasteiger partial charge in [0.15, 0.2) is 0 Å². The molecule has 0 saturated carbocycles. The maximum Gasteiger partial charge on any atom is 0.255 e. The van der Waals surface area contributed by atoms with Crippen molar-refractivity contribution < 1.29 is 24.6 Å². The van der Waals surface area contributed by atoms with E-state index in [2.05, 4.69) is 5.48 Å². The maximum absolute atomic E-state index is 13.6. The first-order valence-corrected chi connectivity index (χ1v) is 11.8. The van der Waals surface area contributed by atoms with Crippen LogP contribution in [0.4, 0.5) is 0 Å². The molecule has 0 saturated heterocycles. The highest BCUT2D eigenvalue weighted by atomic mass is 35.5. The third kappa shape index (κ3) is 5.19. The van der Waals surface area contributed by atoms with E-state index in [0.29, 0.717) is 21.7 Å². The Kier molecular flexibility index (Phi) is 8.05. The van der Waals surface area contributed by atoms with E-state index in [1.165, 1.54) is 11.0 Å². The fourth-order valence-corrected chi connectivity index (χ4v) is 4.89. The quantitative estimate of drug-likeness (QED) is 0.396. The fraction of sp³-hybridized carbons (Fsp3) is 0.231.